The number of para-hydroxylation sites is 1. The highest BCUT2D eigenvalue weighted by Crippen LogP contribution is 2.30. The highest BCUT2D eigenvalue weighted by atomic mass is 32.1. The molecule has 0 radical (unpaired) electrons. The van der Waals surface area contributed by atoms with Gasteiger partial charge in [-0.2, -0.15) is 0 Å². The number of nitrogens with zero attached hydrogens (tertiary/aromatic N) is 1. The van der Waals surface area contributed by atoms with Gasteiger partial charge in [0, 0.05) is 12.7 Å². The molecule has 0 aromatic heterocycles. The molecule has 1 saturated heterocycles. The van der Waals surface area contributed by atoms with Gasteiger partial charge in [-0.05, 0) is 54.9 Å². The van der Waals surface area contributed by atoms with E-state index in [0.29, 0.717) is 5.11 Å². The van der Waals surface area contributed by atoms with Gasteiger partial charge in [0.1, 0.15) is 0 Å². The fourth-order valence-corrected chi connectivity index (χ4v) is 4.43. The van der Waals surface area contributed by atoms with Crippen molar-refractivity contribution in [1.82, 2.24) is 16.0 Å². The van der Waals surface area contributed by atoms with Crippen LogP contribution in [0.3, 0.4) is 0 Å². The topological polar surface area (TPSA) is 56.4 Å². The van der Waals surface area contributed by atoms with Crippen LogP contribution in [0, 0.1) is 0 Å². The third-order valence-corrected chi connectivity index (χ3v) is 6.44. The summed E-state index contributed by atoms with van der Waals surface area (Å²) in [5.41, 5.74) is 3.07. The largest absolute Gasteiger partial charge is 0.353 e. The van der Waals surface area contributed by atoms with E-state index in [-0.39, 0.29) is 24.0 Å². The maximum Gasteiger partial charge on any atom is 0.237 e. The average Bonchev–Trinajstić information content (AvgIpc) is 3.42. The number of rotatable bonds is 7. The van der Waals surface area contributed by atoms with Gasteiger partial charge in [-0.25, -0.2) is 0 Å². The number of hydrogen-bond donors (Lipinski definition) is 3. The molecule has 3 aromatic rings. The van der Waals surface area contributed by atoms with Crippen molar-refractivity contribution in [1.29, 1.82) is 0 Å². The minimum atomic E-state index is -0.300. The average molecular weight is 459 g/mol. The first-order valence-electron chi connectivity index (χ1n) is 11.4. The highest BCUT2D eigenvalue weighted by Gasteiger charge is 2.31. The van der Waals surface area contributed by atoms with Gasteiger partial charge in [-0.1, -0.05) is 78.9 Å². The lowest BCUT2D eigenvalue weighted by molar-refractivity contribution is -0.123. The van der Waals surface area contributed by atoms with Crippen molar-refractivity contribution in [3.63, 3.8) is 0 Å². The van der Waals surface area contributed by atoms with E-state index in [9.17, 15) is 4.79 Å². The molecule has 0 aliphatic carbocycles. The van der Waals surface area contributed by atoms with Gasteiger partial charge in [0.15, 0.2) is 5.11 Å². The molecule has 6 heteroatoms. The van der Waals surface area contributed by atoms with Crippen LogP contribution in [0.25, 0.3) is 0 Å². The zero-order valence-electron chi connectivity index (χ0n) is 18.8. The van der Waals surface area contributed by atoms with Gasteiger partial charge in [0.05, 0.1) is 18.1 Å². The van der Waals surface area contributed by atoms with Crippen LogP contribution in [0.5, 0.6) is 0 Å². The normalized spacial score (nSPS) is 17.1. The predicted molar refractivity (Wildman–Crippen MR) is 138 cm³/mol. The van der Waals surface area contributed by atoms with Crippen LogP contribution in [0.4, 0.5) is 5.69 Å². The van der Waals surface area contributed by atoms with Gasteiger partial charge in [0.25, 0.3) is 0 Å². The second kappa shape index (κ2) is 11.1. The Bertz CT molecular complexity index is 1040. The lowest BCUT2D eigenvalue weighted by atomic mass is 9.93. The van der Waals surface area contributed by atoms with Crippen molar-refractivity contribution in [3.8, 4) is 0 Å². The summed E-state index contributed by atoms with van der Waals surface area (Å²) < 4.78 is 0. The Hall–Kier alpha value is -3.22. The zero-order valence-corrected chi connectivity index (χ0v) is 19.6. The lowest BCUT2D eigenvalue weighted by Gasteiger charge is -2.33. The van der Waals surface area contributed by atoms with Gasteiger partial charge in [-0.3, -0.25) is 4.79 Å². The molecule has 1 aliphatic rings. The SMILES string of the molecule is CN(C(=S)N[C@@H](c1ccccc1)[C@@H](NC(=O)[C@@H]1CCCN1)c1ccccc1)c1ccccc1. The minimum absolute atomic E-state index is 0.0198. The molecule has 0 saturated carbocycles. The molecule has 1 aliphatic heterocycles. The fourth-order valence-electron chi connectivity index (χ4n) is 4.20. The Kier molecular flexibility index (Phi) is 7.70. The molecule has 0 unspecified atom stereocenters. The van der Waals surface area contributed by atoms with Crippen LogP contribution >= 0.6 is 12.2 Å². The number of thiocarbonyl (C=S) groups is 1. The first-order valence-corrected chi connectivity index (χ1v) is 11.8. The predicted octanol–water partition coefficient (Wildman–Crippen LogP) is 4.35. The fraction of sp³-hybridized carbons (Fsp3) is 0.259. The molecule has 3 aromatic carbocycles. The molecular weight excluding hydrogens is 428 g/mol. The van der Waals surface area contributed by atoms with Gasteiger partial charge in [-0.15, -0.1) is 0 Å². The zero-order chi connectivity index (χ0) is 23.0. The quantitative estimate of drug-likeness (QED) is 0.460. The summed E-state index contributed by atoms with van der Waals surface area (Å²) in [6, 6.07) is 29.5. The second-order valence-corrected chi connectivity index (χ2v) is 8.66. The Morgan fingerprint density at radius 3 is 1.91 bits per heavy atom. The monoisotopic (exact) mass is 458 g/mol. The summed E-state index contributed by atoms with van der Waals surface area (Å²) in [7, 11) is 1.95. The van der Waals surface area contributed by atoms with Crippen molar-refractivity contribution >= 4 is 28.9 Å². The lowest BCUT2D eigenvalue weighted by Crippen LogP contribution is -2.48. The van der Waals surface area contributed by atoms with Gasteiger partial charge >= 0.3 is 0 Å². The van der Waals surface area contributed by atoms with Crippen molar-refractivity contribution in [2.75, 3.05) is 18.5 Å². The molecule has 3 N–H and O–H groups in total. The number of amides is 1. The van der Waals surface area contributed by atoms with Crippen LogP contribution in [0.2, 0.25) is 0 Å². The van der Waals surface area contributed by atoms with Crippen LogP contribution in [-0.4, -0.2) is 30.7 Å². The summed E-state index contributed by atoms with van der Waals surface area (Å²) in [6.45, 7) is 0.875. The van der Waals surface area contributed by atoms with E-state index in [2.05, 4.69) is 40.2 Å². The highest BCUT2D eigenvalue weighted by molar-refractivity contribution is 7.80. The molecule has 1 amide bonds. The number of nitrogens with one attached hydrogen (secondary N) is 3. The van der Waals surface area contributed by atoms with Crippen LogP contribution in [0.1, 0.15) is 36.1 Å². The molecule has 170 valence electrons. The smallest absolute Gasteiger partial charge is 0.237 e. The Morgan fingerprint density at radius 2 is 1.39 bits per heavy atom. The summed E-state index contributed by atoms with van der Waals surface area (Å²) in [4.78, 5) is 15.1. The molecule has 1 heterocycles. The summed E-state index contributed by atoms with van der Waals surface area (Å²) in [6.07, 6.45) is 1.87. The molecule has 5 nitrogen and oxygen atoms in total. The number of anilines is 1. The van der Waals surface area contributed by atoms with Crippen LogP contribution in [-0.2, 0) is 4.79 Å². The first-order chi connectivity index (χ1) is 16.1. The molecule has 4 rings (SSSR count). The Labute approximate surface area is 201 Å². The van der Waals surface area contributed by atoms with E-state index < -0.39 is 0 Å². The Morgan fingerprint density at radius 1 is 0.879 bits per heavy atom. The minimum Gasteiger partial charge on any atom is -0.353 e. The van der Waals surface area contributed by atoms with E-state index in [1.54, 1.807) is 0 Å². The van der Waals surface area contributed by atoms with Crippen LogP contribution < -0.4 is 20.9 Å². The van der Waals surface area contributed by atoms with E-state index in [1.165, 1.54) is 0 Å². The van der Waals surface area contributed by atoms with Crippen molar-refractivity contribution in [2.45, 2.75) is 31.0 Å². The summed E-state index contributed by atoms with van der Waals surface area (Å²) in [5.74, 6) is 0.0198. The molecule has 0 bridgehead atoms. The third-order valence-electron chi connectivity index (χ3n) is 6.05. The van der Waals surface area contributed by atoms with E-state index in [1.807, 2.05) is 78.7 Å². The standard InChI is InChI=1S/C27H30N4OS/c1-31(22-16-9-4-10-17-22)27(33)30-25(21-14-7-3-8-15-21)24(20-12-5-2-6-13-20)29-26(32)23-18-11-19-28-23/h2-10,12-17,23-25,28H,11,18-19H2,1H3,(H,29,32)(H,30,33)/t23-,24-,25-/m0/s1. The second-order valence-electron chi connectivity index (χ2n) is 8.28. The van der Waals surface area contributed by atoms with Crippen LogP contribution in [0.15, 0.2) is 91.0 Å². The van der Waals surface area contributed by atoms with Gasteiger partial charge < -0.3 is 20.9 Å². The third kappa shape index (κ3) is 5.78. The maximum absolute atomic E-state index is 13.2. The molecular formula is C27H30N4OS. The number of carbonyl (C=O) groups is 1. The van der Waals surface area contributed by atoms with Crippen molar-refractivity contribution in [3.05, 3.63) is 102 Å². The van der Waals surface area contributed by atoms with E-state index in [0.717, 1.165) is 36.2 Å². The van der Waals surface area contributed by atoms with Gasteiger partial charge in [0.2, 0.25) is 5.91 Å². The molecule has 0 spiro atoms. The Balaban J connectivity index is 1.66. The summed E-state index contributed by atoms with van der Waals surface area (Å²) >= 11 is 5.81. The molecule has 1 fully saturated rings. The molecule has 3 atom stereocenters. The van der Waals surface area contributed by atoms with Crippen molar-refractivity contribution in [2.24, 2.45) is 0 Å². The first kappa shape index (κ1) is 23.0. The molecule has 33 heavy (non-hydrogen) atoms. The van der Waals surface area contributed by atoms with E-state index in [4.69, 9.17) is 12.2 Å². The number of hydrogen-bond acceptors (Lipinski definition) is 3. The number of carbonyl (C=O) groups excluding carboxylic acids is 1. The number of benzene rings is 3. The maximum atomic E-state index is 13.2. The van der Waals surface area contributed by atoms with Crippen molar-refractivity contribution < 1.29 is 4.79 Å². The summed E-state index contributed by atoms with van der Waals surface area (Å²) in [5, 5.41) is 10.8. The van der Waals surface area contributed by atoms with E-state index >= 15 is 0 Å².